The highest BCUT2D eigenvalue weighted by Gasteiger charge is 2.28. The second-order valence-electron chi connectivity index (χ2n) is 5.44. The number of carboxylic acids is 1. The van der Waals surface area contributed by atoms with Gasteiger partial charge in [0.1, 0.15) is 18.4 Å². The molecule has 0 aliphatic carbocycles. The number of nitriles is 1. The molecular weight excluding hydrogens is 272 g/mol. The van der Waals surface area contributed by atoms with Gasteiger partial charge in [-0.1, -0.05) is 12.1 Å². The molecule has 0 heterocycles. The maximum Gasteiger partial charge on any atom is 0.323 e. The van der Waals surface area contributed by atoms with Crippen LogP contribution in [-0.4, -0.2) is 40.6 Å². The Morgan fingerprint density at radius 2 is 1.95 bits per heavy atom. The monoisotopic (exact) mass is 290 g/mol. The molecule has 0 saturated carbocycles. The first-order valence-corrected chi connectivity index (χ1v) is 6.40. The average molecular weight is 290 g/mol. The third-order valence-electron chi connectivity index (χ3n) is 2.76. The number of rotatable bonds is 5. The molecule has 1 amide bonds. The van der Waals surface area contributed by atoms with E-state index in [-0.39, 0.29) is 6.61 Å². The van der Waals surface area contributed by atoms with Gasteiger partial charge in [0, 0.05) is 5.54 Å². The molecule has 112 valence electrons. The fourth-order valence-electron chi connectivity index (χ4n) is 1.74. The first-order chi connectivity index (χ1) is 9.75. The van der Waals surface area contributed by atoms with E-state index < -0.39 is 24.0 Å². The predicted molar refractivity (Wildman–Crippen MR) is 75.8 cm³/mol. The Bertz CT molecular complexity index is 570. The lowest BCUT2D eigenvalue weighted by Crippen LogP contribution is -2.50. The van der Waals surface area contributed by atoms with Crippen molar-refractivity contribution in [3.05, 3.63) is 29.8 Å². The molecule has 1 aromatic carbocycles. The minimum absolute atomic E-state index is 0.303. The molecule has 0 aromatic heterocycles. The Morgan fingerprint density at radius 1 is 1.33 bits per heavy atom. The van der Waals surface area contributed by atoms with Crippen molar-refractivity contribution in [1.29, 1.82) is 5.26 Å². The number of hydrogen-bond donors (Lipinski definition) is 1. The molecule has 0 saturated heterocycles. The van der Waals surface area contributed by atoms with E-state index in [2.05, 4.69) is 0 Å². The zero-order valence-corrected chi connectivity index (χ0v) is 12.3. The number of ether oxygens (including phenoxy) is 1. The van der Waals surface area contributed by atoms with Crippen molar-refractivity contribution < 1.29 is 19.4 Å². The number of hydrogen-bond acceptors (Lipinski definition) is 4. The van der Waals surface area contributed by atoms with Gasteiger partial charge in [-0.25, -0.2) is 0 Å². The lowest BCUT2D eigenvalue weighted by atomic mass is 10.1. The molecule has 0 radical (unpaired) electrons. The number of carboxylic acid groups (broad SMARTS) is 1. The van der Waals surface area contributed by atoms with Crippen LogP contribution in [0.5, 0.6) is 5.75 Å². The molecule has 0 aliphatic heterocycles. The molecule has 6 heteroatoms. The zero-order valence-electron chi connectivity index (χ0n) is 12.3. The van der Waals surface area contributed by atoms with Gasteiger partial charge < -0.3 is 14.7 Å². The van der Waals surface area contributed by atoms with Crippen LogP contribution in [0, 0.1) is 11.3 Å². The Morgan fingerprint density at radius 3 is 2.48 bits per heavy atom. The molecule has 0 aliphatic rings. The van der Waals surface area contributed by atoms with Crippen LogP contribution in [-0.2, 0) is 9.59 Å². The normalized spacial score (nSPS) is 10.6. The molecule has 6 nitrogen and oxygen atoms in total. The minimum atomic E-state index is -1.09. The SMILES string of the molecule is CC(C)(C)N(CC(=O)O)C(=O)COc1ccccc1C#N. The summed E-state index contributed by atoms with van der Waals surface area (Å²) in [6, 6.07) is 8.52. The van der Waals surface area contributed by atoms with Crippen molar-refractivity contribution >= 4 is 11.9 Å². The molecule has 0 fully saturated rings. The molecule has 1 aromatic rings. The Hall–Kier alpha value is -2.55. The van der Waals surface area contributed by atoms with Gasteiger partial charge in [0.25, 0.3) is 5.91 Å². The third-order valence-corrected chi connectivity index (χ3v) is 2.76. The number of nitrogens with zero attached hydrogens (tertiary/aromatic N) is 2. The van der Waals surface area contributed by atoms with Gasteiger partial charge in [-0.3, -0.25) is 9.59 Å². The lowest BCUT2D eigenvalue weighted by Gasteiger charge is -2.34. The lowest BCUT2D eigenvalue weighted by molar-refractivity contribution is -0.149. The predicted octanol–water partition coefficient (Wildman–Crippen LogP) is 1.65. The van der Waals surface area contributed by atoms with Crippen LogP contribution < -0.4 is 4.74 Å². The molecule has 0 unspecified atom stereocenters. The molecule has 0 bridgehead atoms. The smallest absolute Gasteiger partial charge is 0.323 e. The van der Waals surface area contributed by atoms with Crippen molar-refractivity contribution in [2.75, 3.05) is 13.2 Å². The first-order valence-electron chi connectivity index (χ1n) is 6.40. The molecule has 0 spiro atoms. The van der Waals surface area contributed by atoms with Crippen molar-refractivity contribution in [2.45, 2.75) is 26.3 Å². The standard InChI is InChI=1S/C15H18N2O4/c1-15(2,3)17(9-14(19)20)13(18)10-21-12-7-5-4-6-11(12)8-16/h4-7H,9-10H2,1-3H3,(H,19,20). The van der Waals surface area contributed by atoms with Crippen molar-refractivity contribution in [3.8, 4) is 11.8 Å². The summed E-state index contributed by atoms with van der Waals surface area (Å²) < 4.78 is 5.34. The zero-order chi connectivity index (χ0) is 16.0. The number of amides is 1. The van der Waals surface area contributed by atoms with Crippen molar-refractivity contribution in [1.82, 2.24) is 4.90 Å². The summed E-state index contributed by atoms with van der Waals surface area (Å²) in [6.07, 6.45) is 0. The summed E-state index contributed by atoms with van der Waals surface area (Å²) >= 11 is 0. The van der Waals surface area contributed by atoms with Crippen LogP contribution in [0.3, 0.4) is 0 Å². The summed E-state index contributed by atoms with van der Waals surface area (Å²) in [6.45, 7) is 4.53. The Kier molecular flexibility index (Phi) is 5.30. The van der Waals surface area contributed by atoms with Gasteiger partial charge in [0.05, 0.1) is 5.56 Å². The number of aliphatic carboxylic acids is 1. The van der Waals surface area contributed by atoms with E-state index in [9.17, 15) is 9.59 Å². The Balaban J connectivity index is 2.79. The Labute approximate surface area is 123 Å². The van der Waals surface area contributed by atoms with Crippen molar-refractivity contribution in [3.63, 3.8) is 0 Å². The molecule has 1 rings (SSSR count). The number of benzene rings is 1. The van der Waals surface area contributed by atoms with Gasteiger partial charge in [-0.15, -0.1) is 0 Å². The second-order valence-corrected chi connectivity index (χ2v) is 5.44. The van der Waals surface area contributed by atoms with Crippen LogP contribution in [0.25, 0.3) is 0 Å². The fraction of sp³-hybridized carbons (Fsp3) is 0.400. The number of para-hydroxylation sites is 1. The third kappa shape index (κ3) is 4.80. The van der Waals surface area contributed by atoms with E-state index in [0.717, 1.165) is 0 Å². The van der Waals surface area contributed by atoms with Crippen LogP contribution in [0.2, 0.25) is 0 Å². The van der Waals surface area contributed by atoms with E-state index in [1.165, 1.54) is 4.90 Å². The van der Waals surface area contributed by atoms with E-state index in [4.69, 9.17) is 15.1 Å². The van der Waals surface area contributed by atoms with Gasteiger partial charge in [0.15, 0.2) is 6.61 Å². The average Bonchev–Trinajstić information content (AvgIpc) is 2.41. The number of carbonyl (C=O) groups is 2. The molecule has 21 heavy (non-hydrogen) atoms. The van der Waals surface area contributed by atoms with E-state index in [1.807, 2.05) is 6.07 Å². The minimum Gasteiger partial charge on any atom is -0.482 e. The van der Waals surface area contributed by atoms with Gasteiger partial charge in [0.2, 0.25) is 0 Å². The quantitative estimate of drug-likeness (QED) is 0.890. The largest absolute Gasteiger partial charge is 0.482 e. The van der Waals surface area contributed by atoms with E-state index >= 15 is 0 Å². The first kappa shape index (κ1) is 16.5. The highest BCUT2D eigenvalue weighted by molar-refractivity contribution is 5.83. The van der Waals surface area contributed by atoms with Gasteiger partial charge in [-0.2, -0.15) is 5.26 Å². The second kappa shape index (κ2) is 6.75. The summed E-state index contributed by atoms with van der Waals surface area (Å²) in [7, 11) is 0. The van der Waals surface area contributed by atoms with Gasteiger partial charge >= 0.3 is 5.97 Å². The van der Waals surface area contributed by atoms with Crippen LogP contribution >= 0.6 is 0 Å². The molecular formula is C15H18N2O4. The topological polar surface area (TPSA) is 90.6 Å². The fourth-order valence-corrected chi connectivity index (χ4v) is 1.74. The maximum absolute atomic E-state index is 12.2. The summed E-state index contributed by atoms with van der Waals surface area (Å²) in [5, 5.41) is 17.8. The highest BCUT2D eigenvalue weighted by Crippen LogP contribution is 2.18. The summed E-state index contributed by atoms with van der Waals surface area (Å²) in [5.74, 6) is -1.23. The summed E-state index contributed by atoms with van der Waals surface area (Å²) in [4.78, 5) is 24.2. The molecule has 0 atom stereocenters. The maximum atomic E-state index is 12.2. The van der Waals surface area contributed by atoms with E-state index in [0.29, 0.717) is 11.3 Å². The van der Waals surface area contributed by atoms with Crippen LogP contribution in [0.1, 0.15) is 26.3 Å². The van der Waals surface area contributed by atoms with Crippen LogP contribution in [0.15, 0.2) is 24.3 Å². The highest BCUT2D eigenvalue weighted by atomic mass is 16.5. The molecule has 1 N–H and O–H groups in total. The number of carbonyl (C=O) groups excluding carboxylic acids is 1. The van der Waals surface area contributed by atoms with Crippen molar-refractivity contribution in [2.24, 2.45) is 0 Å². The summed E-state index contributed by atoms with van der Waals surface area (Å²) in [5.41, 5.74) is -0.307. The van der Waals surface area contributed by atoms with Crippen LogP contribution in [0.4, 0.5) is 0 Å². The van der Waals surface area contributed by atoms with Gasteiger partial charge in [-0.05, 0) is 32.9 Å². The van der Waals surface area contributed by atoms with E-state index in [1.54, 1.807) is 45.0 Å².